The van der Waals surface area contributed by atoms with Crippen LogP contribution in [-0.4, -0.2) is 4.98 Å². The van der Waals surface area contributed by atoms with Gasteiger partial charge in [-0.15, -0.1) is 0 Å². The van der Waals surface area contributed by atoms with Crippen molar-refractivity contribution in [2.24, 2.45) is 7.05 Å². The Morgan fingerprint density at radius 3 is 2.39 bits per heavy atom. The Hall–Kier alpha value is -3.20. The molecule has 0 saturated carbocycles. The zero-order valence-electron chi connectivity index (χ0n) is 22.9. The van der Waals surface area contributed by atoms with E-state index >= 15 is 0 Å². The number of pyridine rings is 2. The molecule has 2 aromatic carbocycles. The number of rotatable bonds is 2. The summed E-state index contributed by atoms with van der Waals surface area (Å²) >= 11 is 0. The fourth-order valence-corrected chi connectivity index (χ4v) is 6.71. The summed E-state index contributed by atoms with van der Waals surface area (Å²) in [6, 6.07) is 13.4. The Bertz CT molecular complexity index is 1680. The van der Waals surface area contributed by atoms with E-state index < -0.39 is 0 Å². The summed E-state index contributed by atoms with van der Waals surface area (Å²) in [4.78, 5) is 4.66. The minimum Gasteiger partial charge on any atom is -0.437 e. The molecule has 0 amide bonds. The number of furan rings is 1. The lowest BCUT2D eigenvalue weighted by Crippen LogP contribution is -2.36. The molecular formula is C33H37N2O+. The van der Waals surface area contributed by atoms with Gasteiger partial charge < -0.3 is 4.42 Å². The van der Waals surface area contributed by atoms with E-state index in [1.54, 1.807) is 0 Å². The fourth-order valence-electron chi connectivity index (χ4n) is 6.71. The average molecular weight is 478 g/mol. The van der Waals surface area contributed by atoms with Crippen LogP contribution < -0.4 is 4.57 Å². The van der Waals surface area contributed by atoms with E-state index in [1.165, 1.54) is 56.1 Å². The second kappa shape index (κ2) is 7.65. The van der Waals surface area contributed by atoms with E-state index in [2.05, 4.69) is 102 Å². The van der Waals surface area contributed by atoms with E-state index in [9.17, 15) is 0 Å². The second-order valence-electron chi connectivity index (χ2n) is 12.5. The highest BCUT2D eigenvalue weighted by atomic mass is 16.3. The van der Waals surface area contributed by atoms with Crippen LogP contribution in [0.25, 0.3) is 44.1 Å². The molecule has 6 rings (SSSR count). The molecule has 3 heteroatoms. The molecular weight excluding hydrogens is 440 g/mol. The number of hydrogen-bond donors (Lipinski definition) is 0. The molecule has 3 nitrogen and oxygen atoms in total. The molecule has 0 spiro atoms. The van der Waals surface area contributed by atoms with Gasteiger partial charge in [-0.1, -0.05) is 53.7 Å². The molecule has 0 saturated heterocycles. The Morgan fingerprint density at radius 1 is 0.944 bits per heavy atom. The molecule has 3 aromatic heterocycles. The molecule has 0 bridgehead atoms. The molecule has 184 valence electrons. The quantitative estimate of drug-likeness (QED) is 0.239. The van der Waals surface area contributed by atoms with E-state index in [0.29, 0.717) is 5.92 Å². The van der Waals surface area contributed by atoms with Gasteiger partial charge in [0.15, 0.2) is 11.8 Å². The third kappa shape index (κ3) is 3.18. The Balaban J connectivity index is 1.85. The van der Waals surface area contributed by atoms with Gasteiger partial charge >= 0.3 is 0 Å². The molecule has 0 unspecified atom stereocenters. The molecule has 5 aromatic rings. The molecule has 0 N–H and O–H groups in total. The second-order valence-corrected chi connectivity index (χ2v) is 12.5. The lowest BCUT2D eigenvalue weighted by molar-refractivity contribution is -0.659. The summed E-state index contributed by atoms with van der Waals surface area (Å²) in [6.07, 6.45) is 6.37. The van der Waals surface area contributed by atoms with Crippen molar-refractivity contribution in [2.45, 2.75) is 78.1 Å². The summed E-state index contributed by atoms with van der Waals surface area (Å²) in [5.74, 6) is 0.494. The number of hydrogen-bond acceptors (Lipinski definition) is 2. The van der Waals surface area contributed by atoms with Gasteiger partial charge in [-0.3, -0.25) is 0 Å². The van der Waals surface area contributed by atoms with Crippen molar-refractivity contribution < 1.29 is 8.98 Å². The van der Waals surface area contributed by atoms with Crippen LogP contribution in [0, 0.1) is 6.92 Å². The predicted octanol–water partition coefficient (Wildman–Crippen LogP) is 8.41. The summed E-state index contributed by atoms with van der Waals surface area (Å²) in [7, 11) is 2.16. The molecule has 3 heterocycles. The highest BCUT2D eigenvalue weighted by Crippen LogP contribution is 2.54. The molecule has 1 aliphatic carbocycles. The van der Waals surface area contributed by atoms with Gasteiger partial charge in [0.05, 0.1) is 10.9 Å². The SMILES string of the molecule is Cc1c2c(c3c(oc4ncccc43)c1-c1c3ccc(C(C)C)cc3cc[n+]1C)C(C)(C)CCC2(C)C. The highest BCUT2D eigenvalue weighted by Gasteiger charge is 2.43. The van der Waals surface area contributed by atoms with Gasteiger partial charge in [0.25, 0.3) is 0 Å². The highest BCUT2D eigenvalue weighted by molar-refractivity contribution is 6.14. The number of nitrogens with zero attached hydrogens (tertiary/aromatic N) is 2. The van der Waals surface area contributed by atoms with Crippen LogP contribution in [0.1, 0.15) is 82.6 Å². The maximum atomic E-state index is 6.69. The first-order chi connectivity index (χ1) is 17.0. The maximum absolute atomic E-state index is 6.69. The van der Waals surface area contributed by atoms with Crippen molar-refractivity contribution >= 4 is 32.8 Å². The Kier molecular flexibility index (Phi) is 4.93. The van der Waals surface area contributed by atoms with Crippen molar-refractivity contribution in [2.75, 3.05) is 0 Å². The molecule has 36 heavy (non-hydrogen) atoms. The minimum absolute atomic E-state index is 0.0617. The Labute approximate surface area is 214 Å². The molecule has 0 aliphatic heterocycles. The number of aromatic nitrogens is 2. The van der Waals surface area contributed by atoms with Crippen molar-refractivity contribution in [1.29, 1.82) is 0 Å². The maximum Gasteiger partial charge on any atom is 0.227 e. The first-order valence-corrected chi connectivity index (χ1v) is 13.3. The van der Waals surface area contributed by atoms with E-state index in [0.717, 1.165) is 23.1 Å². The van der Waals surface area contributed by atoms with Gasteiger partial charge in [-0.05, 0) is 82.4 Å². The first kappa shape index (κ1) is 23.2. The normalized spacial score (nSPS) is 16.8. The van der Waals surface area contributed by atoms with Crippen LogP contribution in [0.3, 0.4) is 0 Å². The van der Waals surface area contributed by atoms with Crippen molar-refractivity contribution in [3.8, 4) is 11.3 Å². The van der Waals surface area contributed by atoms with Gasteiger partial charge in [-0.25, -0.2) is 9.55 Å². The van der Waals surface area contributed by atoms with Gasteiger partial charge in [0.1, 0.15) is 7.05 Å². The summed E-state index contributed by atoms with van der Waals surface area (Å²) < 4.78 is 8.96. The van der Waals surface area contributed by atoms with Crippen molar-refractivity contribution in [1.82, 2.24) is 4.98 Å². The van der Waals surface area contributed by atoms with Crippen molar-refractivity contribution in [3.05, 3.63) is 71.0 Å². The summed E-state index contributed by atoms with van der Waals surface area (Å²) in [5, 5.41) is 4.91. The van der Waals surface area contributed by atoms with E-state index in [1.807, 2.05) is 12.3 Å². The minimum atomic E-state index is 0.0617. The zero-order chi connectivity index (χ0) is 25.6. The fraction of sp³-hybridized carbons (Fsp3) is 0.394. The van der Waals surface area contributed by atoms with Crippen LogP contribution >= 0.6 is 0 Å². The number of benzene rings is 2. The topological polar surface area (TPSA) is 29.9 Å². The molecule has 0 fully saturated rings. The lowest BCUT2D eigenvalue weighted by atomic mass is 9.60. The molecule has 1 aliphatic rings. The molecule has 0 atom stereocenters. The summed E-state index contributed by atoms with van der Waals surface area (Å²) in [6.45, 7) is 16.5. The van der Waals surface area contributed by atoms with E-state index in [-0.39, 0.29) is 10.8 Å². The van der Waals surface area contributed by atoms with Gasteiger partial charge in [0, 0.05) is 23.0 Å². The molecule has 0 radical (unpaired) electrons. The average Bonchev–Trinajstić information content (AvgIpc) is 3.21. The van der Waals surface area contributed by atoms with Crippen LogP contribution in [-0.2, 0) is 17.9 Å². The zero-order valence-corrected chi connectivity index (χ0v) is 22.9. The van der Waals surface area contributed by atoms with E-state index in [4.69, 9.17) is 4.42 Å². The number of aryl methyl sites for hydroxylation is 1. The lowest BCUT2D eigenvalue weighted by Gasteiger charge is -2.43. The monoisotopic (exact) mass is 477 g/mol. The third-order valence-electron chi connectivity index (χ3n) is 8.74. The Morgan fingerprint density at radius 2 is 1.67 bits per heavy atom. The largest absolute Gasteiger partial charge is 0.437 e. The summed E-state index contributed by atoms with van der Waals surface area (Å²) in [5.41, 5.74) is 9.91. The van der Waals surface area contributed by atoms with Crippen LogP contribution in [0.5, 0.6) is 0 Å². The van der Waals surface area contributed by atoms with Crippen molar-refractivity contribution in [3.63, 3.8) is 0 Å². The van der Waals surface area contributed by atoms with Crippen LogP contribution in [0.2, 0.25) is 0 Å². The first-order valence-electron chi connectivity index (χ1n) is 13.3. The predicted molar refractivity (Wildman–Crippen MR) is 150 cm³/mol. The van der Waals surface area contributed by atoms with Gasteiger partial charge in [-0.2, -0.15) is 0 Å². The van der Waals surface area contributed by atoms with Crippen LogP contribution in [0.15, 0.2) is 53.2 Å². The third-order valence-corrected chi connectivity index (χ3v) is 8.74. The smallest absolute Gasteiger partial charge is 0.227 e. The van der Waals surface area contributed by atoms with Crippen LogP contribution in [0.4, 0.5) is 0 Å². The number of fused-ring (bicyclic) bond motifs is 6. The standard InChI is InChI=1S/C33H37N2O/c1-19(2)21-11-12-23-22(18-21)13-17-35(8)29(23)25-20(3)27-28(33(6,7)15-14-32(27,4)5)26-24-10-9-16-34-31(24)36-30(25)26/h9-13,16-19H,14-15H2,1-8H3/q+1. The van der Waals surface area contributed by atoms with Gasteiger partial charge in [0.2, 0.25) is 11.4 Å².